The van der Waals surface area contributed by atoms with E-state index in [1.807, 2.05) is 67.3 Å². The number of rotatable bonds is 6. The molecule has 266 valence electrons. The topological polar surface area (TPSA) is 89.4 Å². The second kappa shape index (κ2) is 13.4. The van der Waals surface area contributed by atoms with Crippen LogP contribution in [0.3, 0.4) is 0 Å². The zero-order valence-electron chi connectivity index (χ0n) is 30.1. The summed E-state index contributed by atoms with van der Waals surface area (Å²) in [5.41, 5.74) is 13.3. The Labute approximate surface area is 326 Å². The SMILES string of the molecule is C1=CCC(c2ccc3sc4c(c3n2)N=C(c2ccccn2)CC4c2cccc(-c3cc(-c4ccccc4-c4cccnc4)cc4c3oc3ccccc34)n2)N=C1. The Kier molecular flexibility index (Phi) is 7.81. The van der Waals surface area contributed by atoms with Gasteiger partial charge in [-0.25, -0.2) is 9.98 Å². The Morgan fingerprint density at radius 3 is 2.41 bits per heavy atom. The molecule has 0 amide bonds. The van der Waals surface area contributed by atoms with Crippen molar-refractivity contribution in [2.45, 2.75) is 24.8 Å². The zero-order chi connectivity index (χ0) is 37.0. The minimum Gasteiger partial charge on any atom is -0.455 e. The van der Waals surface area contributed by atoms with E-state index >= 15 is 0 Å². The molecule has 8 heterocycles. The molecule has 0 saturated carbocycles. The number of allylic oxidation sites excluding steroid dienone is 1. The standard InChI is InChI=1S/C48H32N6OS/c1-2-13-32(31(12-1)29-11-10-22-49-28-29)30-25-34-33-14-3-4-19-43(33)55-47(34)35(26-30)37-17-9-18-38(52-37)36-27-42(40-16-6-8-24-51-40)54-46-45-44(56-48(36)46)21-20-41(53-45)39-15-5-7-23-50-39/h1-14,16-26,28,36,39H,15,27H2. The normalized spacial score (nSPS) is 16.4. The summed E-state index contributed by atoms with van der Waals surface area (Å²) in [4.78, 5) is 31.0. The van der Waals surface area contributed by atoms with Gasteiger partial charge in [-0.1, -0.05) is 66.7 Å². The summed E-state index contributed by atoms with van der Waals surface area (Å²) < 4.78 is 7.77. The van der Waals surface area contributed by atoms with E-state index in [9.17, 15) is 0 Å². The fourth-order valence-corrected chi connectivity index (χ4v) is 9.28. The van der Waals surface area contributed by atoms with Crippen LogP contribution in [-0.2, 0) is 0 Å². The van der Waals surface area contributed by atoms with Gasteiger partial charge in [0.25, 0.3) is 0 Å². The first-order valence-corrected chi connectivity index (χ1v) is 19.6. The maximum Gasteiger partial charge on any atom is 0.144 e. The predicted octanol–water partition coefficient (Wildman–Crippen LogP) is 12.1. The third kappa shape index (κ3) is 5.57. The van der Waals surface area contributed by atoms with Gasteiger partial charge in [0.15, 0.2) is 0 Å². The largest absolute Gasteiger partial charge is 0.455 e. The maximum atomic E-state index is 6.66. The van der Waals surface area contributed by atoms with Crippen LogP contribution in [0.5, 0.6) is 0 Å². The average Bonchev–Trinajstić information content (AvgIpc) is 3.85. The van der Waals surface area contributed by atoms with Crippen molar-refractivity contribution in [3.63, 3.8) is 0 Å². The van der Waals surface area contributed by atoms with Gasteiger partial charge >= 0.3 is 0 Å². The summed E-state index contributed by atoms with van der Waals surface area (Å²) >= 11 is 1.76. The first-order valence-electron chi connectivity index (χ1n) is 18.8. The molecule has 11 rings (SSSR count). The molecule has 0 fully saturated rings. The molecule has 0 radical (unpaired) electrons. The second-order valence-corrected chi connectivity index (χ2v) is 15.2. The Morgan fingerprint density at radius 1 is 0.679 bits per heavy atom. The number of dihydropyridines is 1. The summed E-state index contributed by atoms with van der Waals surface area (Å²) in [7, 11) is 0. The number of furan rings is 1. The summed E-state index contributed by atoms with van der Waals surface area (Å²) in [5, 5.41) is 2.12. The number of thiophene rings is 1. The molecule has 2 atom stereocenters. The van der Waals surface area contributed by atoms with Crippen LogP contribution in [0.1, 0.15) is 46.8 Å². The third-order valence-electron chi connectivity index (χ3n) is 10.8. The van der Waals surface area contributed by atoms with Gasteiger partial charge in [0.1, 0.15) is 22.4 Å². The highest BCUT2D eigenvalue weighted by atomic mass is 32.1. The lowest BCUT2D eigenvalue weighted by atomic mass is 9.90. The maximum absolute atomic E-state index is 6.66. The quantitative estimate of drug-likeness (QED) is 0.169. The van der Waals surface area contributed by atoms with E-state index in [1.165, 1.54) is 0 Å². The van der Waals surface area contributed by atoms with Crippen molar-refractivity contribution in [2.24, 2.45) is 9.98 Å². The third-order valence-corrected chi connectivity index (χ3v) is 12.0. The summed E-state index contributed by atoms with van der Waals surface area (Å²) in [6.45, 7) is 0. The lowest BCUT2D eigenvalue weighted by Gasteiger charge is -2.22. The van der Waals surface area contributed by atoms with Gasteiger partial charge in [-0.3, -0.25) is 19.9 Å². The summed E-state index contributed by atoms with van der Waals surface area (Å²) in [6, 6.07) is 42.0. The molecule has 0 bridgehead atoms. The van der Waals surface area contributed by atoms with E-state index in [0.29, 0.717) is 6.42 Å². The highest BCUT2D eigenvalue weighted by Gasteiger charge is 2.32. The number of aliphatic imine (C=N–C) groups is 2. The molecular formula is C48H32N6OS. The fourth-order valence-electron chi connectivity index (χ4n) is 8.08. The lowest BCUT2D eigenvalue weighted by Crippen LogP contribution is -2.15. The van der Waals surface area contributed by atoms with Crippen molar-refractivity contribution < 1.29 is 4.42 Å². The Balaban J connectivity index is 1.09. The van der Waals surface area contributed by atoms with Gasteiger partial charge in [0.2, 0.25) is 0 Å². The fraction of sp³-hybridized carbons (Fsp3) is 0.0833. The van der Waals surface area contributed by atoms with E-state index in [1.54, 1.807) is 11.3 Å². The van der Waals surface area contributed by atoms with E-state index in [-0.39, 0.29) is 12.0 Å². The molecule has 0 aliphatic carbocycles. The van der Waals surface area contributed by atoms with E-state index < -0.39 is 0 Å². The first-order chi connectivity index (χ1) is 27.7. The molecule has 7 nitrogen and oxygen atoms in total. The first kappa shape index (κ1) is 32.5. The van der Waals surface area contributed by atoms with Crippen LogP contribution in [0.25, 0.3) is 65.7 Å². The van der Waals surface area contributed by atoms with Gasteiger partial charge < -0.3 is 4.42 Å². The number of fused-ring (bicyclic) bond motifs is 6. The molecule has 2 unspecified atom stereocenters. The molecule has 2 aliphatic heterocycles. The average molecular weight is 741 g/mol. The molecule has 0 spiro atoms. The van der Waals surface area contributed by atoms with Gasteiger partial charge in [0.05, 0.1) is 33.5 Å². The van der Waals surface area contributed by atoms with Crippen LogP contribution < -0.4 is 0 Å². The molecule has 3 aromatic carbocycles. The van der Waals surface area contributed by atoms with E-state index in [4.69, 9.17) is 29.4 Å². The van der Waals surface area contributed by atoms with Gasteiger partial charge in [-0.05, 0) is 89.9 Å². The summed E-state index contributed by atoms with van der Waals surface area (Å²) in [5.74, 6) is -0.0570. The van der Waals surface area contributed by atoms with Gasteiger partial charge in [-0.15, -0.1) is 11.3 Å². The number of benzene rings is 3. The number of para-hydroxylation sites is 1. The second-order valence-electron chi connectivity index (χ2n) is 14.1. The number of nitrogens with zero attached hydrogens (tertiary/aromatic N) is 6. The van der Waals surface area contributed by atoms with Crippen molar-refractivity contribution in [1.82, 2.24) is 19.9 Å². The zero-order valence-corrected chi connectivity index (χ0v) is 30.9. The molecule has 9 aromatic rings. The Hall–Kier alpha value is -6.90. The number of aromatic nitrogens is 4. The monoisotopic (exact) mass is 740 g/mol. The van der Waals surface area contributed by atoms with Crippen molar-refractivity contribution >= 4 is 61.1 Å². The Morgan fingerprint density at radius 2 is 1.55 bits per heavy atom. The van der Waals surface area contributed by atoms with E-state index in [0.717, 1.165) is 105 Å². The molecule has 0 saturated heterocycles. The predicted molar refractivity (Wildman–Crippen MR) is 227 cm³/mol. The van der Waals surface area contributed by atoms with Gasteiger partial charge in [0, 0.05) is 69.6 Å². The van der Waals surface area contributed by atoms with Crippen LogP contribution in [0.15, 0.2) is 166 Å². The minimum absolute atomic E-state index is 0.000834. The number of hydrogen-bond acceptors (Lipinski definition) is 8. The molecule has 2 aliphatic rings. The van der Waals surface area contributed by atoms with Crippen LogP contribution in [-0.4, -0.2) is 31.9 Å². The number of pyridine rings is 4. The van der Waals surface area contributed by atoms with Crippen molar-refractivity contribution in [3.8, 4) is 33.5 Å². The van der Waals surface area contributed by atoms with Crippen LogP contribution in [0.4, 0.5) is 5.69 Å². The van der Waals surface area contributed by atoms with Crippen molar-refractivity contribution in [3.05, 3.63) is 174 Å². The van der Waals surface area contributed by atoms with Crippen LogP contribution in [0, 0.1) is 0 Å². The highest BCUT2D eigenvalue weighted by Crippen LogP contribution is 2.49. The minimum atomic E-state index is -0.0570. The Bertz CT molecular complexity index is 3050. The van der Waals surface area contributed by atoms with E-state index in [2.05, 4.69) is 96.0 Å². The smallest absolute Gasteiger partial charge is 0.144 e. The highest BCUT2D eigenvalue weighted by molar-refractivity contribution is 7.19. The molecule has 6 aromatic heterocycles. The van der Waals surface area contributed by atoms with Crippen LogP contribution in [0.2, 0.25) is 0 Å². The van der Waals surface area contributed by atoms with Crippen molar-refractivity contribution in [1.29, 1.82) is 0 Å². The molecule has 0 N–H and O–H groups in total. The number of hydrogen-bond donors (Lipinski definition) is 0. The molecular weight excluding hydrogens is 709 g/mol. The molecule has 8 heteroatoms. The van der Waals surface area contributed by atoms with Crippen molar-refractivity contribution in [2.75, 3.05) is 0 Å². The summed E-state index contributed by atoms with van der Waals surface area (Å²) in [6.07, 6.45) is 13.1. The lowest BCUT2D eigenvalue weighted by molar-refractivity contribution is 0.669. The van der Waals surface area contributed by atoms with Crippen LogP contribution >= 0.6 is 11.3 Å². The molecule has 56 heavy (non-hydrogen) atoms. The van der Waals surface area contributed by atoms with Gasteiger partial charge in [-0.2, -0.15) is 0 Å².